The summed E-state index contributed by atoms with van der Waals surface area (Å²) in [5.41, 5.74) is 2.89. The van der Waals surface area contributed by atoms with E-state index in [4.69, 9.17) is 9.47 Å². The van der Waals surface area contributed by atoms with Crippen molar-refractivity contribution in [3.05, 3.63) is 29.3 Å². The van der Waals surface area contributed by atoms with Crippen molar-refractivity contribution < 1.29 is 9.47 Å². The maximum atomic E-state index is 5.80. The SMILES string of the molecule is CCCCOCCOc1ccc2c(c1)CCCC2NCC. The number of hydrogen-bond acceptors (Lipinski definition) is 3. The minimum absolute atomic E-state index is 0.519. The molecule has 0 radical (unpaired) electrons. The predicted molar refractivity (Wildman–Crippen MR) is 87.0 cm³/mol. The smallest absolute Gasteiger partial charge is 0.119 e. The zero-order valence-electron chi connectivity index (χ0n) is 13.5. The Balaban J connectivity index is 1.83. The molecule has 0 aliphatic heterocycles. The van der Waals surface area contributed by atoms with Crippen LogP contribution in [0.15, 0.2) is 18.2 Å². The first-order valence-electron chi connectivity index (χ1n) is 8.42. The van der Waals surface area contributed by atoms with Gasteiger partial charge in [-0.05, 0) is 55.5 Å². The van der Waals surface area contributed by atoms with Gasteiger partial charge in [-0.2, -0.15) is 0 Å². The number of benzene rings is 1. The Morgan fingerprint density at radius 1 is 1.19 bits per heavy atom. The number of nitrogens with one attached hydrogen (secondary N) is 1. The molecular formula is C18H29NO2. The van der Waals surface area contributed by atoms with Gasteiger partial charge in [-0.25, -0.2) is 0 Å². The molecule has 3 nitrogen and oxygen atoms in total. The van der Waals surface area contributed by atoms with Crippen LogP contribution >= 0.6 is 0 Å². The summed E-state index contributed by atoms with van der Waals surface area (Å²) >= 11 is 0. The van der Waals surface area contributed by atoms with E-state index in [2.05, 4.69) is 37.4 Å². The summed E-state index contributed by atoms with van der Waals surface area (Å²) in [6.07, 6.45) is 5.98. The lowest BCUT2D eigenvalue weighted by Crippen LogP contribution is -2.24. The molecule has 0 saturated heterocycles. The second kappa shape index (κ2) is 9.06. The van der Waals surface area contributed by atoms with Crippen LogP contribution in [0.25, 0.3) is 0 Å². The van der Waals surface area contributed by atoms with Crippen LogP contribution in [0.1, 0.15) is 56.7 Å². The average molecular weight is 291 g/mol. The van der Waals surface area contributed by atoms with Gasteiger partial charge in [0.25, 0.3) is 0 Å². The summed E-state index contributed by atoms with van der Waals surface area (Å²) in [6, 6.07) is 7.06. The molecule has 2 rings (SSSR count). The van der Waals surface area contributed by atoms with Crippen molar-refractivity contribution in [1.29, 1.82) is 0 Å². The molecule has 1 aromatic carbocycles. The molecule has 1 N–H and O–H groups in total. The summed E-state index contributed by atoms with van der Waals surface area (Å²) < 4.78 is 11.3. The molecule has 0 fully saturated rings. The molecule has 0 amide bonds. The molecule has 1 aliphatic rings. The maximum absolute atomic E-state index is 5.80. The molecule has 118 valence electrons. The van der Waals surface area contributed by atoms with Crippen molar-refractivity contribution in [2.45, 2.75) is 52.0 Å². The fourth-order valence-corrected chi connectivity index (χ4v) is 2.91. The molecule has 1 aliphatic carbocycles. The minimum Gasteiger partial charge on any atom is -0.491 e. The summed E-state index contributed by atoms with van der Waals surface area (Å²) in [5, 5.41) is 3.57. The summed E-state index contributed by atoms with van der Waals surface area (Å²) in [7, 11) is 0. The van der Waals surface area contributed by atoms with Crippen LogP contribution in [-0.4, -0.2) is 26.4 Å². The summed E-state index contributed by atoms with van der Waals surface area (Å²) in [6.45, 7) is 7.53. The largest absolute Gasteiger partial charge is 0.491 e. The zero-order valence-corrected chi connectivity index (χ0v) is 13.5. The fraction of sp³-hybridized carbons (Fsp3) is 0.667. The van der Waals surface area contributed by atoms with E-state index in [9.17, 15) is 0 Å². The van der Waals surface area contributed by atoms with Crippen molar-refractivity contribution in [2.75, 3.05) is 26.4 Å². The summed E-state index contributed by atoms with van der Waals surface area (Å²) in [4.78, 5) is 0. The van der Waals surface area contributed by atoms with Gasteiger partial charge in [0.1, 0.15) is 12.4 Å². The predicted octanol–water partition coefficient (Wildman–Crippen LogP) is 3.87. The zero-order chi connectivity index (χ0) is 14.9. The van der Waals surface area contributed by atoms with Crippen LogP contribution < -0.4 is 10.1 Å². The van der Waals surface area contributed by atoms with Crippen molar-refractivity contribution in [1.82, 2.24) is 5.32 Å². The van der Waals surface area contributed by atoms with Crippen LogP contribution in [0.3, 0.4) is 0 Å². The maximum Gasteiger partial charge on any atom is 0.119 e. The molecule has 0 saturated carbocycles. The normalized spacial score (nSPS) is 17.5. The second-order valence-electron chi connectivity index (χ2n) is 5.68. The van der Waals surface area contributed by atoms with Crippen molar-refractivity contribution >= 4 is 0 Å². The molecular weight excluding hydrogens is 262 g/mol. The average Bonchev–Trinajstić information content (AvgIpc) is 2.51. The lowest BCUT2D eigenvalue weighted by atomic mass is 9.87. The van der Waals surface area contributed by atoms with Crippen LogP contribution in [0.2, 0.25) is 0 Å². The molecule has 1 aromatic rings. The van der Waals surface area contributed by atoms with Gasteiger partial charge in [-0.1, -0.05) is 26.3 Å². The Kier molecular flexibility index (Phi) is 7.04. The van der Waals surface area contributed by atoms with Gasteiger partial charge in [-0.3, -0.25) is 0 Å². The van der Waals surface area contributed by atoms with E-state index in [1.807, 2.05) is 0 Å². The third kappa shape index (κ3) is 5.01. The monoisotopic (exact) mass is 291 g/mol. The molecule has 1 unspecified atom stereocenters. The topological polar surface area (TPSA) is 30.5 Å². The number of fused-ring (bicyclic) bond motifs is 1. The molecule has 0 spiro atoms. The van der Waals surface area contributed by atoms with E-state index in [0.29, 0.717) is 19.3 Å². The first-order valence-corrected chi connectivity index (χ1v) is 8.42. The van der Waals surface area contributed by atoms with E-state index >= 15 is 0 Å². The van der Waals surface area contributed by atoms with Crippen molar-refractivity contribution in [3.63, 3.8) is 0 Å². The van der Waals surface area contributed by atoms with Crippen LogP contribution in [0.5, 0.6) is 5.75 Å². The van der Waals surface area contributed by atoms with Gasteiger partial charge in [-0.15, -0.1) is 0 Å². The highest BCUT2D eigenvalue weighted by Gasteiger charge is 2.19. The Labute approximate surface area is 129 Å². The van der Waals surface area contributed by atoms with E-state index in [-0.39, 0.29) is 0 Å². The van der Waals surface area contributed by atoms with Crippen molar-refractivity contribution in [3.8, 4) is 5.75 Å². The molecule has 3 heteroatoms. The van der Waals surface area contributed by atoms with Gasteiger partial charge >= 0.3 is 0 Å². The standard InChI is InChI=1S/C18H29NO2/c1-3-5-11-20-12-13-21-16-9-10-17-15(14-16)7-6-8-18(17)19-4-2/h9-10,14,18-19H,3-8,11-13H2,1-2H3. The Hall–Kier alpha value is -1.06. The van der Waals surface area contributed by atoms with E-state index in [0.717, 1.165) is 25.3 Å². The van der Waals surface area contributed by atoms with E-state index < -0.39 is 0 Å². The van der Waals surface area contributed by atoms with E-state index in [1.165, 1.54) is 36.8 Å². The third-order valence-electron chi connectivity index (χ3n) is 4.02. The molecule has 1 atom stereocenters. The van der Waals surface area contributed by atoms with Crippen LogP contribution in [0.4, 0.5) is 0 Å². The van der Waals surface area contributed by atoms with Gasteiger partial charge in [0, 0.05) is 12.6 Å². The highest BCUT2D eigenvalue weighted by atomic mass is 16.5. The number of aryl methyl sites for hydroxylation is 1. The van der Waals surface area contributed by atoms with E-state index in [1.54, 1.807) is 0 Å². The Bertz CT molecular complexity index is 420. The quantitative estimate of drug-likeness (QED) is 0.701. The number of rotatable bonds is 9. The third-order valence-corrected chi connectivity index (χ3v) is 4.02. The Morgan fingerprint density at radius 3 is 2.90 bits per heavy atom. The molecule has 21 heavy (non-hydrogen) atoms. The molecule has 0 heterocycles. The first kappa shape index (κ1) is 16.3. The minimum atomic E-state index is 0.519. The van der Waals surface area contributed by atoms with Gasteiger partial charge in [0.2, 0.25) is 0 Å². The fourth-order valence-electron chi connectivity index (χ4n) is 2.91. The van der Waals surface area contributed by atoms with Crippen molar-refractivity contribution in [2.24, 2.45) is 0 Å². The van der Waals surface area contributed by atoms with Gasteiger partial charge < -0.3 is 14.8 Å². The lowest BCUT2D eigenvalue weighted by molar-refractivity contribution is 0.0980. The number of unbranched alkanes of at least 4 members (excludes halogenated alkanes) is 1. The molecule has 0 bridgehead atoms. The van der Waals surface area contributed by atoms with Gasteiger partial charge in [0.05, 0.1) is 6.61 Å². The molecule has 0 aromatic heterocycles. The highest BCUT2D eigenvalue weighted by Crippen LogP contribution is 2.32. The number of hydrogen-bond donors (Lipinski definition) is 1. The first-order chi connectivity index (χ1) is 10.3. The van der Waals surface area contributed by atoms with Crippen LogP contribution in [0, 0.1) is 0 Å². The van der Waals surface area contributed by atoms with Crippen LogP contribution in [-0.2, 0) is 11.2 Å². The number of ether oxygens (including phenoxy) is 2. The Morgan fingerprint density at radius 2 is 2.10 bits per heavy atom. The second-order valence-corrected chi connectivity index (χ2v) is 5.68. The van der Waals surface area contributed by atoms with Gasteiger partial charge in [0.15, 0.2) is 0 Å². The lowest BCUT2D eigenvalue weighted by Gasteiger charge is -2.26. The highest BCUT2D eigenvalue weighted by molar-refractivity contribution is 5.39. The summed E-state index contributed by atoms with van der Waals surface area (Å²) in [5.74, 6) is 0.977.